The largest absolute Gasteiger partial charge is 0.347 e. The Morgan fingerprint density at radius 3 is 2.52 bits per heavy atom. The van der Waals surface area contributed by atoms with E-state index in [1.807, 2.05) is 42.2 Å². The Balaban J connectivity index is 1.73. The van der Waals surface area contributed by atoms with E-state index in [1.54, 1.807) is 10.7 Å². The van der Waals surface area contributed by atoms with Gasteiger partial charge in [0.15, 0.2) is 5.65 Å². The Labute approximate surface area is 158 Å². The van der Waals surface area contributed by atoms with E-state index in [9.17, 15) is 0 Å². The summed E-state index contributed by atoms with van der Waals surface area (Å²) >= 11 is 0. The fourth-order valence-corrected chi connectivity index (χ4v) is 3.25. The first-order chi connectivity index (χ1) is 13.0. The molecule has 7 nitrogen and oxygen atoms in total. The first kappa shape index (κ1) is 17.2. The van der Waals surface area contributed by atoms with E-state index < -0.39 is 0 Å². The van der Waals surface area contributed by atoms with Crippen LogP contribution in [0.2, 0.25) is 0 Å². The lowest BCUT2D eigenvalue weighted by atomic mass is 10.1. The summed E-state index contributed by atoms with van der Waals surface area (Å²) in [5, 5.41) is 12.4. The Morgan fingerprint density at radius 2 is 1.78 bits per heavy atom. The number of nitrogens with zero attached hydrogens (tertiary/aromatic N) is 6. The molecule has 0 bridgehead atoms. The molecule has 1 atom stereocenters. The number of rotatable bonds is 5. The van der Waals surface area contributed by atoms with Gasteiger partial charge < -0.3 is 5.32 Å². The average Bonchev–Trinajstić information content (AvgIpc) is 3.31. The summed E-state index contributed by atoms with van der Waals surface area (Å²) in [6.07, 6.45) is 5.60. The van der Waals surface area contributed by atoms with Crippen LogP contribution in [-0.4, -0.2) is 29.4 Å². The van der Waals surface area contributed by atoms with E-state index in [2.05, 4.69) is 58.4 Å². The van der Waals surface area contributed by atoms with Crippen LogP contribution in [0.4, 0.5) is 5.95 Å². The molecular weight excluding hydrogens is 338 g/mol. The van der Waals surface area contributed by atoms with Crippen molar-refractivity contribution in [2.24, 2.45) is 0 Å². The van der Waals surface area contributed by atoms with Crippen LogP contribution in [0.25, 0.3) is 11.3 Å². The minimum Gasteiger partial charge on any atom is -0.347 e. The second-order valence-corrected chi connectivity index (χ2v) is 6.96. The molecule has 0 aliphatic rings. The normalized spacial score (nSPS) is 12.6. The summed E-state index contributed by atoms with van der Waals surface area (Å²) in [5.74, 6) is 1.76. The van der Waals surface area contributed by atoms with Crippen molar-refractivity contribution >= 4 is 11.6 Å². The highest BCUT2D eigenvalue weighted by atomic mass is 15.4. The highest BCUT2D eigenvalue weighted by Gasteiger charge is 2.17. The molecule has 4 rings (SSSR count). The van der Waals surface area contributed by atoms with Crippen LogP contribution in [0, 0.1) is 6.92 Å². The first-order valence-corrected chi connectivity index (χ1v) is 9.12. The number of hydrogen-bond donors (Lipinski definition) is 1. The van der Waals surface area contributed by atoms with Gasteiger partial charge in [-0.2, -0.15) is 19.7 Å². The maximum absolute atomic E-state index is 4.59. The standard InChI is InChI=1S/C20H23N7/c1-13(2)17-12-22-27-19(17)24-15(4)25-20(27)23-14(3)16-8-5-6-9-18(16)26-11-7-10-21-26/h5-14H,1-4H3,(H,23,24,25). The second-order valence-electron chi connectivity index (χ2n) is 6.96. The molecule has 3 aromatic heterocycles. The van der Waals surface area contributed by atoms with Crippen LogP contribution in [0.15, 0.2) is 48.9 Å². The van der Waals surface area contributed by atoms with Crippen LogP contribution in [-0.2, 0) is 0 Å². The zero-order valence-electron chi connectivity index (χ0n) is 16.0. The number of aromatic nitrogens is 6. The molecule has 0 aliphatic carbocycles. The maximum atomic E-state index is 4.59. The van der Waals surface area contributed by atoms with Crippen molar-refractivity contribution in [1.29, 1.82) is 0 Å². The van der Waals surface area contributed by atoms with E-state index in [1.165, 1.54) is 0 Å². The third kappa shape index (κ3) is 3.16. The molecule has 0 spiro atoms. The van der Waals surface area contributed by atoms with E-state index >= 15 is 0 Å². The number of fused-ring (bicyclic) bond motifs is 1. The van der Waals surface area contributed by atoms with Crippen molar-refractivity contribution in [2.45, 2.75) is 39.7 Å². The van der Waals surface area contributed by atoms with Crippen molar-refractivity contribution in [1.82, 2.24) is 29.4 Å². The summed E-state index contributed by atoms with van der Waals surface area (Å²) in [6.45, 7) is 8.30. The lowest BCUT2D eigenvalue weighted by molar-refractivity contribution is 0.783. The van der Waals surface area contributed by atoms with E-state index in [-0.39, 0.29) is 6.04 Å². The summed E-state index contributed by atoms with van der Waals surface area (Å²) < 4.78 is 3.66. The van der Waals surface area contributed by atoms with Crippen molar-refractivity contribution in [3.8, 4) is 5.69 Å². The second kappa shape index (κ2) is 6.83. The molecule has 138 valence electrons. The van der Waals surface area contributed by atoms with Gasteiger partial charge in [-0.15, -0.1) is 0 Å². The molecule has 1 aromatic carbocycles. The SMILES string of the molecule is Cc1nc(NC(C)c2ccccc2-n2cccn2)n2ncc(C(C)C)c2n1. The van der Waals surface area contributed by atoms with Crippen molar-refractivity contribution < 1.29 is 0 Å². The van der Waals surface area contributed by atoms with E-state index in [0.29, 0.717) is 11.9 Å². The van der Waals surface area contributed by atoms with Gasteiger partial charge >= 0.3 is 0 Å². The van der Waals surface area contributed by atoms with Crippen LogP contribution in [0.5, 0.6) is 0 Å². The first-order valence-electron chi connectivity index (χ1n) is 9.12. The monoisotopic (exact) mass is 361 g/mol. The smallest absolute Gasteiger partial charge is 0.228 e. The molecule has 0 aliphatic heterocycles. The van der Waals surface area contributed by atoms with Crippen LogP contribution < -0.4 is 5.32 Å². The van der Waals surface area contributed by atoms with Gasteiger partial charge in [-0.05, 0) is 37.5 Å². The van der Waals surface area contributed by atoms with Gasteiger partial charge in [0.1, 0.15) is 5.82 Å². The Kier molecular flexibility index (Phi) is 4.35. The predicted molar refractivity (Wildman–Crippen MR) is 105 cm³/mol. The predicted octanol–water partition coefficient (Wildman–Crippen LogP) is 3.91. The van der Waals surface area contributed by atoms with Gasteiger partial charge in [-0.25, -0.2) is 9.67 Å². The summed E-state index contributed by atoms with van der Waals surface area (Å²) in [7, 11) is 0. The lowest BCUT2D eigenvalue weighted by Gasteiger charge is -2.19. The quantitative estimate of drug-likeness (QED) is 0.583. The Morgan fingerprint density at radius 1 is 0.963 bits per heavy atom. The summed E-state index contributed by atoms with van der Waals surface area (Å²) in [4.78, 5) is 9.18. The van der Waals surface area contributed by atoms with Crippen LogP contribution in [0.1, 0.15) is 49.7 Å². The molecule has 7 heteroatoms. The molecule has 0 saturated heterocycles. The zero-order chi connectivity index (χ0) is 19.0. The van der Waals surface area contributed by atoms with Gasteiger partial charge in [0, 0.05) is 18.0 Å². The zero-order valence-corrected chi connectivity index (χ0v) is 16.0. The Hall–Kier alpha value is -3.22. The number of anilines is 1. The summed E-state index contributed by atoms with van der Waals surface area (Å²) in [5.41, 5.74) is 4.13. The minimum atomic E-state index is 0.00889. The van der Waals surface area contributed by atoms with Gasteiger partial charge in [0.25, 0.3) is 0 Å². The fourth-order valence-electron chi connectivity index (χ4n) is 3.25. The number of aryl methyl sites for hydroxylation is 1. The number of benzene rings is 1. The van der Waals surface area contributed by atoms with E-state index in [4.69, 9.17) is 0 Å². The lowest BCUT2D eigenvalue weighted by Crippen LogP contribution is -2.15. The van der Waals surface area contributed by atoms with Crippen LogP contribution in [0.3, 0.4) is 0 Å². The van der Waals surface area contributed by atoms with Gasteiger partial charge in [0.05, 0.1) is 17.9 Å². The van der Waals surface area contributed by atoms with E-state index in [0.717, 1.165) is 28.3 Å². The molecular formula is C20H23N7. The molecule has 27 heavy (non-hydrogen) atoms. The molecule has 3 heterocycles. The highest BCUT2D eigenvalue weighted by molar-refractivity contribution is 5.53. The number of para-hydroxylation sites is 1. The topological polar surface area (TPSA) is 72.9 Å². The van der Waals surface area contributed by atoms with Gasteiger partial charge in [-0.1, -0.05) is 32.0 Å². The molecule has 0 amide bonds. The third-order valence-electron chi connectivity index (χ3n) is 4.63. The molecule has 1 unspecified atom stereocenters. The maximum Gasteiger partial charge on any atom is 0.228 e. The molecule has 0 radical (unpaired) electrons. The van der Waals surface area contributed by atoms with Crippen molar-refractivity contribution in [2.75, 3.05) is 5.32 Å². The van der Waals surface area contributed by atoms with Crippen LogP contribution >= 0.6 is 0 Å². The van der Waals surface area contributed by atoms with Crippen molar-refractivity contribution in [3.63, 3.8) is 0 Å². The summed E-state index contributed by atoms with van der Waals surface area (Å²) in [6, 6.07) is 10.1. The fraction of sp³-hybridized carbons (Fsp3) is 0.300. The third-order valence-corrected chi connectivity index (χ3v) is 4.63. The van der Waals surface area contributed by atoms with Gasteiger partial charge in [-0.3, -0.25) is 0 Å². The number of hydrogen-bond acceptors (Lipinski definition) is 5. The van der Waals surface area contributed by atoms with Gasteiger partial charge in [0.2, 0.25) is 5.95 Å². The molecule has 4 aromatic rings. The molecule has 0 fully saturated rings. The molecule has 1 N–H and O–H groups in total. The Bertz CT molecular complexity index is 1060. The highest BCUT2D eigenvalue weighted by Crippen LogP contribution is 2.26. The molecule has 0 saturated carbocycles. The minimum absolute atomic E-state index is 0.00889. The van der Waals surface area contributed by atoms with Crippen molar-refractivity contribution in [3.05, 3.63) is 65.9 Å². The average molecular weight is 361 g/mol. The number of nitrogens with one attached hydrogen (secondary N) is 1.